The van der Waals surface area contributed by atoms with Crippen molar-refractivity contribution in [3.63, 3.8) is 0 Å². The lowest BCUT2D eigenvalue weighted by atomic mass is 10.1. The highest BCUT2D eigenvalue weighted by atomic mass is 32.2. The lowest BCUT2D eigenvalue weighted by Crippen LogP contribution is -2.53. The van der Waals surface area contributed by atoms with Crippen molar-refractivity contribution in [3.05, 3.63) is 95.3 Å². The molecule has 0 unspecified atom stereocenters. The minimum atomic E-state index is -4.33. The lowest BCUT2D eigenvalue weighted by Gasteiger charge is -2.33. The predicted molar refractivity (Wildman–Crippen MR) is 151 cm³/mol. The number of amides is 2. The van der Waals surface area contributed by atoms with E-state index in [4.69, 9.17) is 0 Å². The van der Waals surface area contributed by atoms with Crippen LogP contribution in [0.1, 0.15) is 43.9 Å². The van der Waals surface area contributed by atoms with Gasteiger partial charge in [0.25, 0.3) is 10.0 Å². The standard InChI is InChI=1S/C30H36FN3O4S/c1-6-27(30(36)32-21(2)3)33(19-24-11-9-10-23(5)18-24)29(35)20-34(28-13-8-7-12-26(28)31)39(37,38)25-16-14-22(4)15-17-25/h7-18,21,27H,6,19-20H2,1-5H3,(H,32,36)/t27-/m0/s1. The molecule has 39 heavy (non-hydrogen) atoms. The van der Waals surface area contributed by atoms with Gasteiger partial charge in [0.1, 0.15) is 18.4 Å². The highest BCUT2D eigenvalue weighted by Crippen LogP contribution is 2.27. The zero-order valence-electron chi connectivity index (χ0n) is 23.0. The summed E-state index contributed by atoms with van der Waals surface area (Å²) in [7, 11) is -4.33. The van der Waals surface area contributed by atoms with Crippen LogP contribution in [0.5, 0.6) is 0 Å². The largest absolute Gasteiger partial charge is 0.352 e. The summed E-state index contributed by atoms with van der Waals surface area (Å²) in [6.45, 7) is 8.58. The molecule has 1 N–H and O–H groups in total. The third-order valence-corrected chi connectivity index (χ3v) is 8.04. The zero-order valence-corrected chi connectivity index (χ0v) is 23.8. The van der Waals surface area contributed by atoms with E-state index in [1.165, 1.54) is 35.2 Å². The second-order valence-electron chi connectivity index (χ2n) is 9.87. The van der Waals surface area contributed by atoms with Crippen LogP contribution in [-0.4, -0.2) is 43.8 Å². The maximum atomic E-state index is 15.0. The number of para-hydroxylation sites is 1. The van der Waals surface area contributed by atoms with E-state index in [1.54, 1.807) is 19.1 Å². The van der Waals surface area contributed by atoms with Crippen LogP contribution in [-0.2, 0) is 26.2 Å². The van der Waals surface area contributed by atoms with Gasteiger partial charge in [-0.2, -0.15) is 0 Å². The number of hydrogen-bond acceptors (Lipinski definition) is 4. The third kappa shape index (κ3) is 7.44. The average Bonchev–Trinajstić information content (AvgIpc) is 2.87. The Morgan fingerprint density at radius 3 is 2.18 bits per heavy atom. The van der Waals surface area contributed by atoms with E-state index in [-0.39, 0.29) is 29.1 Å². The van der Waals surface area contributed by atoms with Gasteiger partial charge in [0.05, 0.1) is 10.6 Å². The van der Waals surface area contributed by atoms with E-state index in [1.807, 2.05) is 52.0 Å². The van der Waals surface area contributed by atoms with Crippen molar-refractivity contribution >= 4 is 27.5 Å². The van der Waals surface area contributed by atoms with Crippen LogP contribution in [0.15, 0.2) is 77.7 Å². The van der Waals surface area contributed by atoms with Gasteiger partial charge in [-0.05, 0) is 63.9 Å². The van der Waals surface area contributed by atoms with Gasteiger partial charge < -0.3 is 10.2 Å². The van der Waals surface area contributed by atoms with E-state index < -0.39 is 34.3 Å². The fourth-order valence-electron chi connectivity index (χ4n) is 4.31. The number of rotatable bonds is 11. The Hall–Kier alpha value is -3.72. The molecule has 7 nitrogen and oxygen atoms in total. The highest BCUT2D eigenvalue weighted by molar-refractivity contribution is 7.92. The lowest BCUT2D eigenvalue weighted by molar-refractivity contribution is -0.140. The molecule has 3 aromatic rings. The molecule has 0 spiro atoms. The van der Waals surface area contributed by atoms with Crippen LogP contribution in [0.3, 0.4) is 0 Å². The molecular formula is C30H36FN3O4S. The number of carbonyl (C=O) groups excluding carboxylic acids is 2. The summed E-state index contributed by atoms with van der Waals surface area (Å²) >= 11 is 0. The Kier molecular flexibility index (Phi) is 9.86. The maximum absolute atomic E-state index is 15.0. The molecule has 0 aromatic heterocycles. The Morgan fingerprint density at radius 1 is 0.923 bits per heavy atom. The molecule has 0 aliphatic heterocycles. The minimum Gasteiger partial charge on any atom is -0.352 e. The first-order valence-electron chi connectivity index (χ1n) is 12.9. The average molecular weight is 554 g/mol. The Balaban J connectivity index is 2.08. The van der Waals surface area contributed by atoms with Crippen molar-refractivity contribution in [3.8, 4) is 0 Å². The van der Waals surface area contributed by atoms with Gasteiger partial charge >= 0.3 is 0 Å². The molecule has 0 saturated heterocycles. The minimum absolute atomic E-state index is 0.0704. The Labute approximate surface area is 230 Å². The fourth-order valence-corrected chi connectivity index (χ4v) is 5.73. The summed E-state index contributed by atoms with van der Waals surface area (Å²) in [5.74, 6) is -1.75. The number of sulfonamides is 1. The van der Waals surface area contributed by atoms with Gasteiger partial charge in [0, 0.05) is 12.6 Å². The number of hydrogen-bond donors (Lipinski definition) is 1. The summed E-state index contributed by atoms with van der Waals surface area (Å²) in [5, 5.41) is 2.86. The number of halogens is 1. The van der Waals surface area contributed by atoms with E-state index in [0.29, 0.717) is 6.42 Å². The second kappa shape index (κ2) is 12.9. The molecule has 0 aliphatic carbocycles. The first-order valence-corrected chi connectivity index (χ1v) is 14.4. The van der Waals surface area contributed by atoms with Crippen molar-refractivity contribution < 1.29 is 22.4 Å². The number of benzene rings is 3. The van der Waals surface area contributed by atoms with Gasteiger partial charge in [0.15, 0.2) is 0 Å². The van der Waals surface area contributed by atoms with Crippen LogP contribution in [0.2, 0.25) is 0 Å². The molecular weight excluding hydrogens is 517 g/mol. The van der Waals surface area contributed by atoms with Crippen LogP contribution in [0.4, 0.5) is 10.1 Å². The molecule has 1 atom stereocenters. The summed E-state index contributed by atoms with van der Waals surface area (Å²) in [6.07, 6.45) is 0.306. The molecule has 0 saturated carbocycles. The molecule has 0 radical (unpaired) electrons. The number of anilines is 1. The number of nitrogens with one attached hydrogen (secondary N) is 1. The van der Waals surface area contributed by atoms with Crippen molar-refractivity contribution in [1.82, 2.24) is 10.2 Å². The highest BCUT2D eigenvalue weighted by Gasteiger charge is 2.34. The quantitative estimate of drug-likeness (QED) is 0.363. The van der Waals surface area contributed by atoms with Gasteiger partial charge in [-0.15, -0.1) is 0 Å². The second-order valence-corrected chi connectivity index (χ2v) is 11.7. The summed E-state index contributed by atoms with van der Waals surface area (Å²) < 4.78 is 43.3. The molecule has 208 valence electrons. The van der Waals surface area contributed by atoms with Crippen molar-refractivity contribution in [2.45, 2.75) is 64.6 Å². The van der Waals surface area contributed by atoms with Gasteiger partial charge in [-0.25, -0.2) is 12.8 Å². The molecule has 3 aromatic carbocycles. The van der Waals surface area contributed by atoms with Crippen molar-refractivity contribution in [2.75, 3.05) is 10.8 Å². The summed E-state index contributed by atoms with van der Waals surface area (Å²) in [5.41, 5.74) is 2.38. The summed E-state index contributed by atoms with van der Waals surface area (Å²) in [4.78, 5) is 28.4. The third-order valence-electron chi connectivity index (χ3n) is 6.26. The first kappa shape index (κ1) is 29.8. The monoisotopic (exact) mass is 553 g/mol. The normalized spacial score (nSPS) is 12.2. The Morgan fingerprint density at radius 2 is 1.59 bits per heavy atom. The van der Waals surface area contributed by atoms with E-state index >= 15 is 0 Å². The topological polar surface area (TPSA) is 86.8 Å². The smallest absolute Gasteiger partial charge is 0.264 e. The first-order chi connectivity index (χ1) is 18.4. The van der Waals surface area contributed by atoms with Gasteiger partial charge in [-0.1, -0.05) is 66.6 Å². The predicted octanol–water partition coefficient (Wildman–Crippen LogP) is 4.97. The van der Waals surface area contributed by atoms with Gasteiger partial charge in [-0.3, -0.25) is 13.9 Å². The molecule has 0 fully saturated rings. The molecule has 3 rings (SSSR count). The van der Waals surface area contributed by atoms with Crippen LogP contribution in [0, 0.1) is 19.7 Å². The Bertz CT molecular complexity index is 1410. The SMILES string of the molecule is CC[C@@H](C(=O)NC(C)C)N(Cc1cccc(C)c1)C(=O)CN(c1ccccc1F)S(=O)(=O)c1ccc(C)cc1. The molecule has 9 heteroatoms. The molecule has 0 bridgehead atoms. The van der Waals surface area contributed by atoms with Crippen LogP contribution < -0.4 is 9.62 Å². The van der Waals surface area contributed by atoms with Crippen molar-refractivity contribution in [2.24, 2.45) is 0 Å². The summed E-state index contributed by atoms with van der Waals surface area (Å²) in [6, 6.07) is 18.1. The number of nitrogens with zero attached hydrogens (tertiary/aromatic N) is 2. The van der Waals surface area contributed by atoms with Crippen LogP contribution in [0.25, 0.3) is 0 Å². The maximum Gasteiger partial charge on any atom is 0.264 e. The fraction of sp³-hybridized carbons (Fsp3) is 0.333. The zero-order chi connectivity index (χ0) is 28.7. The number of carbonyl (C=O) groups is 2. The molecule has 0 heterocycles. The molecule has 0 aliphatic rings. The van der Waals surface area contributed by atoms with E-state index in [9.17, 15) is 22.4 Å². The van der Waals surface area contributed by atoms with Crippen LogP contribution >= 0.6 is 0 Å². The number of aryl methyl sites for hydroxylation is 2. The van der Waals surface area contributed by atoms with Crippen molar-refractivity contribution in [1.29, 1.82) is 0 Å². The molecule has 2 amide bonds. The van der Waals surface area contributed by atoms with E-state index in [0.717, 1.165) is 27.1 Å². The van der Waals surface area contributed by atoms with Gasteiger partial charge in [0.2, 0.25) is 11.8 Å². The van der Waals surface area contributed by atoms with E-state index in [2.05, 4.69) is 5.32 Å².